The van der Waals surface area contributed by atoms with Gasteiger partial charge >= 0.3 is 0 Å². The first-order chi connectivity index (χ1) is 15.7. The molecular weight excluding hydrogens is 408 g/mol. The van der Waals surface area contributed by atoms with Crippen molar-refractivity contribution in [2.75, 3.05) is 13.2 Å². The third-order valence-corrected chi connectivity index (χ3v) is 6.41. The second kappa shape index (κ2) is 9.32. The summed E-state index contributed by atoms with van der Waals surface area (Å²) >= 11 is 0. The molecule has 0 atom stereocenters. The molecule has 2 fully saturated rings. The number of pyridine rings is 1. The maximum atomic E-state index is 6.22. The van der Waals surface area contributed by atoms with Gasteiger partial charge in [-0.15, -0.1) is 15.3 Å². The zero-order chi connectivity index (χ0) is 21.9. The van der Waals surface area contributed by atoms with Gasteiger partial charge in [-0.05, 0) is 62.8 Å². The topological polar surface area (TPSA) is 106 Å². The fourth-order valence-electron chi connectivity index (χ4n) is 4.50. The van der Waals surface area contributed by atoms with Crippen LogP contribution in [0.3, 0.4) is 0 Å². The number of rotatable bonds is 6. The molecule has 1 aliphatic carbocycles. The number of aryl methyl sites for hydroxylation is 2. The van der Waals surface area contributed by atoms with Gasteiger partial charge in [0.15, 0.2) is 5.82 Å². The van der Waals surface area contributed by atoms with Crippen molar-refractivity contribution in [3.8, 4) is 17.1 Å². The van der Waals surface area contributed by atoms with Gasteiger partial charge in [0, 0.05) is 26.2 Å². The molecule has 10 heteroatoms. The van der Waals surface area contributed by atoms with Crippen molar-refractivity contribution in [2.24, 2.45) is 7.05 Å². The lowest BCUT2D eigenvalue weighted by Gasteiger charge is -2.23. The van der Waals surface area contributed by atoms with E-state index in [9.17, 15) is 0 Å². The lowest BCUT2D eigenvalue weighted by molar-refractivity contribution is 0.0835. The van der Waals surface area contributed by atoms with Crippen LogP contribution in [0.25, 0.3) is 11.4 Å². The normalized spacial score (nSPS) is 18.2. The molecule has 0 unspecified atom stereocenters. The van der Waals surface area contributed by atoms with E-state index in [4.69, 9.17) is 14.5 Å². The largest absolute Gasteiger partial charge is 0.489 e. The first kappa shape index (κ1) is 21.0. The Labute approximate surface area is 187 Å². The molecule has 1 saturated heterocycles. The predicted octanol–water partition coefficient (Wildman–Crippen LogP) is 2.83. The lowest BCUT2D eigenvalue weighted by Crippen LogP contribution is -2.20. The van der Waals surface area contributed by atoms with Gasteiger partial charge in [0.2, 0.25) is 0 Å². The summed E-state index contributed by atoms with van der Waals surface area (Å²) in [6.07, 6.45) is 8.20. The molecule has 3 aromatic rings. The Kier molecular flexibility index (Phi) is 6.11. The Morgan fingerprint density at radius 3 is 2.62 bits per heavy atom. The summed E-state index contributed by atoms with van der Waals surface area (Å²) < 4.78 is 13.4. The number of hydrogen-bond acceptors (Lipinski definition) is 8. The highest BCUT2D eigenvalue weighted by molar-refractivity contribution is 5.58. The van der Waals surface area contributed by atoms with E-state index in [-0.39, 0.29) is 0 Å². The third kappa shape index (κ3) is 4.50. The van der Waals surface area contributed by atoms with Crippen molar-refractivity contribution in [1.82, 2.24) is 40.2 Å². The highest BCUT2D eigenvalue weighted by Crippen LogP contribution is 2.28. The van der Waals surface area contributed by atoms with Crippen LogP contribution in [-0.2, 0) is 18.3 Å². The summed E-state index contributed by atoms with van der Waals surface area (Å²) in [4.78, 5) is 6.39. The van der Waals surface area contributed by atoms with Crippen LogP contribution in [0, 0.1) is 6.92 Å². The van der Waals surface area contributed by atoms with E-state index in [0.717, 1.165) is 73.2 Å². The van der Waals surface area contributed by atoms with Crippen LogP contribution >= 0.6 is 0 Å². The summed E-state index contributed by atoms with van der Waals surface area (Å²) in [7, 11) is 1.87. The third-order valence-electron chi connectivity index (χ3n) is 6.41. The smallest absolute Gasteiger partial charge is 0.178 e. The molecule has 0 aromatic carbocycles. The van der Waals surface area contributed by atoms with Crippen molar-refractivity contribution in [3.05, 3.63) is 29.3 Å². The van der Waals surface area contributed by atoms with E-state index >= 15 is 0 Å². The SMILES string of the molecule is Cc1nc(-c2nnn(C)c2Cn2nnc(C3CCOCC3)n2)ccc1OC1CCCCC1. The van der Waals surface area contributed by atoms with Crippen LogP contribution in [0.5, 0.6) is 5.75 Å². The van der Waals surface area contributed by atoms with E-state index in [2.05, 4.69) is 25.7 Å². The van der Waals surface area contributed by atoms with Gasteiger partial charge in [0.05, 0.1) is 23.2 Å². The minimum atomic E-state index is 0.297. The molecule has 0 bridgehead atoms. The molecule has 4 heterocycles. The van der Waals surface area contributed by atoms with Crippen LogP contribution in [-0.4, -0.2) is 59.5 Å². The van der Waals surface area contributed by atoms with E-state index < -0.39 is 0 Å². The Balaban J connectivity index is 1.33. The van der Waals surface area contributed by atoms with Gasteiger partial charge in [-0.2, -0.15) is 4.80 Å². The number of tetrazole rings is 1. The van der Waals surface area contributed by atoms with E-state index in [1.165, 1.54) is 19.3 Å². The van der Waals surface area contributed by atoms with Gasteiger partial charge < -0.3 is 9.47 Å². The number of nitrogens with zero attached hydrogens (tertiary/aromatic N) is 8. The molecule has 0 radical (unpaired) electrons. The summed E-state index contributed by atoms with van der Waals surface area (Å²) in [5.74, 6) is 1.94. The summed E-state index contributed by atoms with van der Waals surface area (Å²) in [5, 5.41) is 21.7. The minimum absolute atomic E-state index is 0.297. The average molecular weight is 439 g/mol. The molecule has 1 saturated carbocycles. The zero-order valence-corrected chi connectivity index (χ0v) is 18.8. The minimum Gasteiger partial charge on any atom is -0.489 e. The first-order valence-electron chi connectivity index (χ1n) is 11.6. The molecule has 1 aliphatic heterocycles. The molecule has 170 valence electrons. The van der Waals surface area contributed by atoms with Crippen LogP contribution in [0.4, 0.5) is 0 Å². The fraction of sp³-hybridized carbons (Fsp3) is 0.636. The van der Waals surface area contributed by atoms with E-state index in [0.29, 0.717) is 18.6 Å². The van der Waals surface area contributed by atoms with Crippen molar-refractivity contribution >= 4 is 0 Å². The monoisotopic (exact) mass is 438 g/mol. The maximum Gasteiger partial charge on any atom is 0.178 e. The second-order valence-electron chi connectivity index (χ2n) is 8.73. The number of ether oxygens (including phenoxy) is 2. The molecule has 2 aliphatic rings. The Morgan fingerprint density at radius 1 is 1.03 bits per heavy atom. The molecule has 32 heavy (non-hydrogen) atoms. The quantitative estimate of drug-likeness (QED) is 0.578. The van der Waals surface area contributed by atoms with Gasteiger partial charge in [0.1, 0.15) is 18.0 Å². The standard InChI is InChI=1S/C22H30N8O2/c1-15-20(32-17-6-4-3-5-7-17)9-8-18(23-15)21-19(29(2)27-24-21)14-30-26-22(25-28-30)16-10-12-31-13-11-16/h8-9,16-17H,3-7,10-14H2,1-2H3. The van der Waals surface area contributed by atoms with E-state index in [1.54, 1.807) is 9.48 Å². The summed E-state index contributed by atoms with van der Waals surface area (Å²) in [6, 6.07) is 3.96. The molecular formula is C22H30N8O2. The maximum absolute atomic E-state index is 6.22. The van der Waals surface area contributed by atoms with Crippen molar-refractivity contribution in [3.63, 3.8) is 0 Å². The second-order valence-corrected chi connectivity index (χ2v) is 8.73. The Hall–Kier alpha value is -2.88. The Morgan fingerprint density at radius 2 is 1.84 bits per heavy atom. The molecule has 3 aromatic heterocycles. The fourth-order valence-corrected chi connectivity index (χ4v) is 4.50. The first-order valence-corrected chi connectivity index (χ1v) is 11.6. The van der Waals surface area contributed by atoms with Crippen LogP contribution < -0.4 is 4.74 Å². The summed E-state index contributed by atoms with van der Waals surface area (Å²) in [6.45, 7) is 3.91. The predicted molar refractivity (Wildman–Crippen MR) is 116 cm³/mol. The molecule has 10 nitrogen and oxygen atoms in total. The van der Waals surface area contributed by atoms with Crippen molar-refractivity contribution < 1.29 is 9.47 Å². The van der Waals surface area contributed by atoms with Gasteiger partial charge in [0.25, 0.3) is 0 Å². The van der Waals surface area contributed by atoms with Gasteiger partial charge in [-0.1, -0.05) is 11.6 Å². The number of hydrogen-bond donors (Lipinski definition) is 0. The van der Waals surface area contributed by atoms with Crippen LogP contribution in [0.2, 0.25) is 0 Å². The van der Waals surface area contributed by atoms with Crippen LogP contribution in [0.1, 0.15) is 68.1 Å². The van der Waals surface area contributed by atoms with E-state index in [1.807, 2.05) is 26.1 Å². The van der Waals surface area contributed by atoms with Gasteiger partial charge in [-0.25, -0.2) is 9.67 Å². The highest BCUT2D eigenvalue weighted by Gasteiger charge is 2.22. The molecule has 0 spiro atoms. The molecule has 5 rings (SSSR count). The van der Waals surface area contributed by atoms with Crippen molar-refractivity contribution in [1.29, 1.82) is 0 Å². The average Bonchev–Trinajstić information content (AvgIpc) is 3.44. The molecule has 0 amide bonds. The number of aromatic nitrogens is 8. The van der Waals surface area contributed by atoms with Crippen LogP contribution in [0.15, 0.2) is 12.1 Å². The Bertz CT molecular complexity index is 1050. The lowest BCUT2D eigenvalue weighted by atomic mass is 9.98. The molecule has 0 N–H and O–H groups in total. The zero-order valence-electron chi connectivity index (χ0n) is 18.8. The highest BCUT2D eigenvalue weighted by atomic mass is 16.5. The van der Waals surface area contributed by atoms with Gasteiger partial charge in [-0.3, -0.25) is 0 Å². The van der Waals surface area contributed by atoms with Crippen molar-refractivity contribution in [2.45, 2.75) is 70.4 Å². The summed E-state index contributed by atoms with van der Waals surface area (Å²) in [5.41, 5.74) is 3.25.